The minimum absolute atomic E-state index is 0.0363. The first kappa shape index (κ1) is 15.7. The standard InChI is InChI=1S/C16H22FNO/c1-3-10-18(4-2)13-15-8-9-16(17)12-14(15)7-5-6-11-19/h8-9,12,19H,3-4,6,10-11,13H2,1-2H3. The molecule has 0 bridgehead atoms. The van der Waals surface area contributed by atoms with Gasteiger partial charge in [-0.15, -0.1) is 0 Å². The van der Waals surface area contributed by atoms with E-state index in [9.17, 15) is 4.39 Å². The fourth-order valence-electron chi connectivity index (χ4n) is 1.92. The van der Waals surface area contributed by atoms with Crippen LogP contribution in [0.15, 0.2) is 18.2 Å². The third-order valence-electron chi connectivity index (χ3n) is 2.91. The maximum atomic E-state index is 13.3. The fraction of sp³-hybridized carbons (Fsp3) is 0.500. The van der Waals surface area contributed by atoms with Gasteiger partial charge < -0.3 is 5.11 Å². The second-order valence-corrected chi connectivity index (χ2v) is 4.45. The number of benzene rings is 1. The molecule has 0 aromatic heterocycles. The van der Waals surface area contributed by atoms with Crippen molar-refractivity contribution in [3.05, 3.63) is 35.1 Å². The molecule has 0 aliphatic heterocycles. The lowest BCUT2D eigenvalue weighted by molar-refractivity contribution is 0.280. The van der Waals surface area contributed by atoms with E-state index in [-0.39, 0.29) is 12.4 Å². The molecule has 0 saturated carbocycles. The highest BCUT2D eigenvalue weighted by atomic mass is 19.1. The first-order chi connectivity index (χ1) is 9.21. The minimum Gasteiger partial charge on any atom is -0.395 e. The average Bonchev–Trinajstić information content (AvgIpc) is 2.41. The number of aliphatic hydroxyl groups is 1. The lowest BCUT2D eigenvalue weighted by Gasteiger charge is -2.20. The quantitative estimate of drug-likeness (QED) is 0.798. The van der Waals surface area contributed by atoms with Gasteiger partial charge in [0.05, 0.1) is 6.61 Å². The summed E-state index contributed by atoms with van der Waals surface area (Å²) in [5.74, 6) is 5.54. The molecule has 0 aliphatic rings. The Hall–Kier alpha value is -1.37. The molecule has 19 heavy (non-hydrogen) atoms. The number of hydrogen-bond donors (Lipinski definition) is 1. The van der Waals surface area contributed by atoms with Gasteiger partial charge in [-0.05, 0) is 37.2 Å². The number of halogens is 1. The molecule has 1 rings (SSSR count). The molecule has 0 aliphatic carbocycles. The molecule has 1 aromatic rings. The molecule has 0 radical (unpaired) electrons. The molecule has 0 heterocycles. The zero-order chi connectivity index (χ0) is 14.1. The van der Waals surface area contributed by atoms with Crippen LogP contribution in [-0.4, -0.2) is 29.7 Å². The van der Waals surface area contributed by atoms with Gasteiger partial charge in [0.25, 0.3) is 0 Å². The smallest absolute Gasteiger partial charge is 0.124 e. The van der Waals surface area contributed by atoms with E-state index in [1.165, 1.54) is 12.1 Å². The highest BCUT2D eigenvalue weighted by molar-refractivity contribution is 5.41. The molecule has 2 nitrogen and oxygen atoms in total. The Morgan fingerprint density at radius 2 is 2.11 bits per heavy atom. The Morgan fingerprint density at radius 1 is 1.32 bits per heavy atom. The first-order valence-electron chi connectivity index (χ1n) is 6.81. The van der Waals surface area contributed by atoms with E-state index in [1.807, 2.05) is 0 Å². The van der Waals surface area contributed by atoms with Gasteiger partial charge in [0.15, 0.2) is 0 Å². The maximum Gasteiger partial charge on any atom is 0.124 e. The topological polar surface area (TPSA) is 23.5 Å². The van der Waals surface area contributed by atoms with Crippen molar-refractivity contribution in [1.82, 2.24) is 4.90 Å². The van der Waals surface area contributed by atoms with Crippen molar-refractivity contribution in [2.24, 2.45) is 0 Å². The average molecular weight is 263 g/mol. The van der Waals surface area contributed by atoms with Crippen LogP contribution < -0.4 is 0 Å². The Morgan fingerprint density at radius 3 is 2.74 bits per heavy atom. The van der Waals surface area contributed by atoms with Crippen molar-refractivity contribution in [1.29, 1.82) is 0 Å². The van der Waals surface area contributed by atoms with Crippen LogP contribution in [0.1, 0.15) is 37.8 Å². The molecule has 3 heteroatoms. The lowest BCUT2D eigenvalue weighted by atomic mass is 10.1. The summed E-state index contributed by atoms with van der Waals surface area (Å²) in [5, 5.41) is 8.74. The van der Waals surface area contributed by atoms with Crippen molar-refractivity contribution in [2.45, 2.75) is 33.2 Å². The first-order valence-corrected chi connectivity index (χ1v) is 6.81. The van der Waals surface area contributed by atoms with Crippen molar-refractivity contribution < 1.29 is 9.50 Å². The minimum atomic E-state index is -0.268. The van der Waals surface area contributed by atoms with Gasteiger partial charge in [0.2, 0.25) is 0 Å². The van der Waals surface area contributed by atoms with Crippen molar-refractivity contribution in [3.63, 3.8) is 0 Å². The number of hydrogen-bond acceptors (Lipinski definition) is 2. The van der Waals surface area contributed by atoms with Gasteiger partial charge in [-0.1, -0.05) is 31.8 Å². The summed E-state index contributed by atoms with van der Waals surface area (Å²) < 4.78 is 13.3. The molecule has 0 spiro atoms. The van der Waals surface area contributed by atoms with Crippen LogP contribution in [0.25, 0.3) is 0 Å². The van der Waals surface area contributed by atoms with Gasteiger partial charge in [0, 0.05) is 18.5 Å². The summed E-state index contributed by atoms with van der Waals surface area (Å²) >= 11 is 0. The predicted molar refractivity (Wildman–Crippen MR) is 76.2 cm³/mol. The summed E-state index contributed by atoms with van der Waals surface area (Å²) in [6.45, 7) is 7.08. The third-order valence-corrected chi connectivity index (χ3v) is 2.91. The van der Waals surface area contributed by atoms with Crippen molar-refractivity contribution in [2.75, 3.05) is 19.7 Å². The zero-order valence-electron chi connectivity index (χ0n) is 11.7. The Kier molecular flexibility index (Phi) is 7.17. The van der Waals surface area contributed by atoms with Crippen molar-refractivity contribution in [3.8, 4) is 11.8 Å². The van der Waals surface area contributed by atoms with Crippen LogP contribution in [-0.2, 0) is 6.54 Å². The number of nitrogens with zero attached hydrogens (tertiary/aromatic N) is 1. The van der Waals surface area contributed by atoms with Crippen LogP contribution in [0.2, 0.25) is 0 Å². The molecule has 1 aromatic carbocycles. The molecule has 0 atom stereocenters. The molecule has 0 unspecified atom stereocenters. The Bertz CT molecular complexity index is 448. The summed E-state index contributed by atoms with van der Waals surface area (Å²) in [5.41, 5.74) is 1.77. The van der Waals surface area contributed by atoms with Crippen LogP contribution in [0, 0.1) is 17.7 Å². The number of aliphatic hydroxyl groups excluding tert-OH is 1. The molecule has 104 valence electrons. The largest absolute Gasteiger partial charge is 0.395 e. The second kappa shape index (κ2) is 8.68. The summed E-state index contributed by atoms with van der Waals surface area (Å²) in [7, 11) is 0. The number of rotatable bonds is 6. The van der Waals surface area contributed by atoms with E-state index in [4.69, 9.17) is 5.11 Å². The van der Waals surface area contributed by atoms with Crippen LogP contribution in [0.3, 0.4) is 0 Å². The SMILES string of the molecule is CCCN(CC)Cc1ccc(F)cc1C#CCCO. The lowest BCUT2D eigenvalue weighted by Crippen LogP contribution is -2.24. The van der Waals surface area contributed by atoms with Crippen LogP contribution in [0.4, 0.5) is 4.39 Å². The van der Waals surface area contributed by atoms with E-state index >= 15 is 0 Å². The molecule has 0 fully saturated rings. The van der Waals surface area contributed by atoms with Crippen molar-refractivity contribution >= 4 is 0 Å². The summed E-state index contributed by atoms with van der Waals surface area (Å²) in [4.78, 5) is 2.31. The summed E-state index contributed by atoms with van der Waals surface area (Å²) in [6, 6.07) is 4.75. The van der Waals surface area contributed by atoms with Crippen LogP contribution >= 0.6 is 0 Å². The molecule has 1 N–H and O–H groups in total. The van der Waals surface area contributed by atoms with Gasteiger partial charge in [-0.3, -0.25) is 4.90 Å². The molecule has 0 saturated heterocycles. The van der Waals surface area contributed by atoms with E-state index in [2.05, 4.69) is 30.6 Å². The normalized spacial score (nSPS) is 10.4. The molecule has 0 amide bonds. The molecular weight excluding hydrogens is 241 g/mol. The monoisotopic (exact) mass is 263 g/mol. The summed E-state index contributed by atoms with van der Waals surface area (Å²) in [6.07, 6.45) is 1.52. The van der Waals surface area contributed by atoms with Gasteiger partial charge in [-0.25, -0.2) is 4.39 Å². The van der Waals surface area contributed by atoms with E-state index in [0.29, 0.717) is 6.42 Å². The van der Waals surface area contributed by atoms with Gasteiger partial charge in [0.1, 0.15) is 5.82 Å². The van der Waals surface area contributed by atoms with Crippen LogP contribution in [0.5, 0.6) is 0 Å². The fourth-order valence-corrected chi connectivity index (χ4v) is 1.92. The zero-order valence-corrected chi connectivity index (χ0v) is 11.7. The third kappa shape index (κ3) is 5.42. The second-order valence-electron chi connectivity index (χ2n) is 4.45. The Labute approximate surface area is 115 Å². The maximum absolute atomic E-state index is 13.3. The Balaban J connectivity index is 2.90. The highest BCUT2D eigenvalue weighted by Gasteiger charge is 2.07. The molecular formula is C16H22FNO. The van der Waals surface area contributed by atoms with Gasteiger partial charge >= 0.3 is 0 Å². The van der Waals surface area contributed by atoms with E-state index in [1.54, 1.807) is 6.07 Å². The van der Waals surface area contributed by atoms with E-state index in [0.717, 1.165) is 37.2 Å². The van der Waals surface area contributed by atoms with Gasteiger partial charge in [-0.2, -0.15) is 0 Å². The van der Waals surface area contributed by atoms with E-state index < -0.39 is 0 Å². The highest BCUT2D eigenvalue weighted by Crippen LogP contribution is 2.13. The predicted octanol–water partition coefficient (Wildman–Crippen LogP) is 2.79.